The topological polar surface area (TPSA) is 43.4 Å². The van der Waals surface area contributed by atoms with Gasteiger partial charge in [0.05, 0.1) is 11.7 Å². The zero-order valence-corrected chi connectivity index (χ0v) is 19.2. The van der Waals surface area contributed by atoms with Gasteiger partial charge in [0, 0.05) is 30.5 Å². The normalized spacial score (nSPS) is 24.6. The number of rotatable bonds is 8. The van der Waals surface area contributed by atoms with Crippen LogP contribution in [-0.4, -0.2) is 29.8 Å². The molecular weight excluding hydrogens is 408 g/mol. The maximum atomic E-state index is 6.37. The first-order valence-electron chi connectivity index (χ1n) is 11.8. The van der Waals surface area contributed by atoms with Crippen molar-refractivity contribution in [1.82, 2.24) is 10.3 Å². The van der Waals surface area contributed by atoms with E-state index < -0.39 is 0 Å². The quantitative estimate of drug-likeness (QED) is 0.541. The minimum atomic E-state index is 0. The van der Waals surface area contributed by atoms with Crippen LogP contribution in [0.2, 0.25) is 0 Å². The van der Waals surface area contributed by atoms with Crippen molar-refractivity contribution in [2.75, 3.05) is 13.2 Å². The average Bonchev–Trinajstić information content (AvgIpc) is 3.49. The van der Waals surface area contributed by atoms with Crippen molar-refractivity contribution in [3.05, 3.63) is 59.9 Å². The Morgan fingerprint density at radius 3 is 2.71 bits per heavy atom. The van der Waals surface area contributed by atoms with Crippen molar-refractivity contribution in [3.8, 4) is 5.75 Å². The molecule has 0 amide bonds. The summed E-state index contributed by atoms with van der Waals surface area (Å²) in [6, 6.07) is 14.9. The second kappa shape index (κ2) is 9.89. The molecule has 2 heterocycles. The van der Waals surface area contributed by atoms with Gasteiger partial charge in [-0.15, -0.1) is 12.4 Å². The molecule has 1 aromatic heterocycles. The van der Waals surface area contributed by atoms with Crippen LogP contribution in [0.1, 0.15) is 69.0 Å². The molecule has 0 radical (unpaired) electrons. The summed E-state index contributed by atoms with van der Waals surface area (Å²) in [4.78, 5) is 4.81. The van der Waals surface area contributed by atoms with Crippen LogP contribution >= 0.6 is 12.4 Å². The highest BCUT2D eigenvalue weighted by Gasteiger charge is 2.48. The number of hydrogen-bond donors (Lipinski definition) is 1. The number of nitrogens with zero attached hydrogens (tertiary/aromatic N) is 1. The molecule has 1 spiro atoms. The van der Waals surface area contributed by atoms with Crippen LogP contribution in [0.3, 0.4) is 0 Å². The summed E-state index contributed by atoms with van der Waals surface area (Å²) < 4.78 is 12.3. The lowest BCUT2D eigenvalue weighted by Gasteiger charge is -2.46. The molecule has 2 aromatic rings. The van der Waals surface area contributed by atoms with E-state index in [1.807, 2.05) is 12.3 Å². The van der Waals surface area contributed by atoms with Gasteiger partial charge in [0.1, 0.15) is 5.75 Å². The Balaban J connectivity index is 0.00000231. The van der Waals surface area contributed by atoms with E-state index in [2.05, 4.69) is 41.7 Å². The molecule has 168 valence electrons. The molecule has 1 atom stereocenters. The van der Waals surface area contributed by atoms with Gasteiger partial charge in [0.25, 0.3) is 0 Å². The van der Waals surface area contributed by atoms with E-state index in [1.165, 1.54) is 49.8 Å². The molecule has 3 aliphatic rings. The van der Waals surface area contributed by atoms with Gasteiger partial charge in [0.15, 0.2) is 0 Å². The van der Waals surface area contributed by atoms with Gasteiger partial charge in [-0.2, -0.15) is 0 Å². The minimum absolute atomic E-state index is 0. The summed E-state index contributed by atoms with van der Waals surface area (Å²) >= 11 is 0. The van der Waals surface area contributed by atoms with E-state index in [-0.39, 0.29) is 23.4 Å². The molecule has 3 fully saturated rings. The summed E-state index contributed by atoms with van der Waals surface area (Å²) in [5.74, 6) is 1.01. The first-order valence-corrected chi connectivity index (χ1v) is 11.8. The third-order valence-corrected chi connectivity index (χ3v) is 7.21. The lowest BCUT2D eigenvalue weighted by atomic mass is 9.68. The molecule has 1 aromatic carbocycles. The molecular formula is C26H35ClN2O2. The predicted molar refractivity (Wildman–Crippen MR) is 126 cm³/mol. The van der Waals surface area contributed by atoms with Gasteiger partial charge >= 0.3 is 0 Å². The first kappa shape index (κ1) is 22.6. The Morgan fingerprint density at radius 2 is 1.94 bits per heavy atom. The lowest BCUT2D eigenvalue weighted by Crippen LogP contribution is -2.47. The Hall–Kier alpha value is -1.62. The average molecular weight is 443 g/mol. The monoisotopic (exact) mass is 442 g/mol. The predicted octanol–water partition coefficient (Wildman–Crippen LogP) is 5.59. The number of benzene rings is 1. The summed E-state index contributed by atoms with van der Waals surface area (Å²) in [5, 5.41) is 3.69. The molecule has 4 nitrogen and oxygen atoms in total. The highest BCUT2D eigenvalue weighted by Crippen LogP contribution is 2.49. The van der Waals surface area contributed by atoms with Gasteiger partial charge in [0.2, 0.25) is 0 Å². The van der Waals surface area contributed by atoms with E-state index in [4.69, 9.17) is 14.5 Å². The molecule has 0 bridgehead atoms. The SMILES string of the molecule is Cl.c1ccc([C@]2(CCNCc3cccc(OC4CC4)c3)CCOC3(CCCC3)C2)nc1. The molecule has 1 aliphatic heterocycles. The molecule has 5 heteroatoms. The number of ether oxygens (including phenoxy) is 2. The van der Waals surface area contributed by atoms with E-state index >= 15 is 0 Å². The summed E-state index contributed by atoms with van der Waals surface area (Å²) in [7, 11) is 0. The third kappa shape index (κ3) is 5.42. The van der Waals surface area contributed by atoms with Gasteiger partial charge in [-0.25, -0.2) is 0 Å². The largest absolute Gasteiger partial charge is 0.490 e. The van der Waals surface area contributed by atoms with Gasteiger partial charge in [-0.1, -0.05) is 31.0 Å². The van der Waals surface area contributed by atoms with Crippen molar-refractivity contribution in [1.29, 1.82) is 0 Å². The molecule has 1 N–H and O–H groups in total. The number of hydrogen-bond acceptors (Lipinski definition) is 4. The standard InChI is InChI=1S/C26H34N2O2.ClH/c1-4-15-28-24(8-1)25(14-17-29-26(20-25)11-2-3-12-26)13-16-27-19-21-6-5-7-23(18-21)30-22-9-10-22;/h1,4-8,15,18,22,27H,2-3,9-14,16-17,19-20H2;1H/t25-;/m1./s1. The second-order valence-electron chi connectivity index (χ2n) is 9.55. The highest BCUT2D eigenvalue weighted by atomic mass is 35.5. The fourth-order valence-electron chi connectivity index (χ4n) is 5.46. The number of pyridine rings is 1. The van der Waals surface area contributed by atoms with Crippen molar-refractivity contribution in [2.24, 2.45) is 0 Å². The van der Waals surface area contributed by atoms with Crippen LogP contribution in [0.5, 0.6) is 5.75 Å². The number of halogens is 1. The highest BCUT2D eigenvalue weighted by molar-refractivity contribution is 5.85. The number of aromatic nitrogens is 1. The van der Waals surface area contributed by atoms with E-state index in [0.717, 1.165) is 44.7 Å². The summed E-state index contributed by atoms with van der Waals surface area (Å²) in [5.41, 5.74) is 2.75. The Labute approximate surface area is 192 Å². The number of nitrogens with one attached hydrogen (secondary N) is 1. The Bertz CT molecular complexity index is 836. The van der Waals surface area contributed by atoms with Crippen LogP contribution in [0.4, 0.5) is 0 Å². The zero-order valence-electron chi connectivity index (χ0n) is 18.4. The Morgan fingerprint density at radius 1 is 1.06 bits per heavy atom. The summed E-state index contributed by atoms with van der Waals surface area (Å²) in [6.07, 6.45) is 13.1. The lowest BCUT2D eigenvalue weighted by molar-refractivity contribution is -0.104. The van der Waals surface area contributed by atoms with Crippen molar-refractivity contribution < 1.29 is 9.47 Å². The molecule has 2 saturated carbocycles. The molecule has 0 unspecified atom stereocenters. The molecule has 2 aliphatic carbocycles. The van der Waals surface area contributed by atoms with E-state index in [9.17, 15) is 0 Å². The Kier molecular flexibility index (Phi) is 7.20. The maximum absolute atomic E-state index is 6.37. The van der Waals surface area contributed by atoms with Crippen molar-refractivity contribution >= 4 is 12.4 Å². The minimum Gasteiger partial charge on any atom is -0.490 e. The zero-order chi connectivity index (χ0) is 20.3. The van der Waals surface area contributed by atoms with Crippen LogP contribution < -0.4 is 10.1 Å². The maximum Gasteiger partial charge on any atom is 0.120 e. The van der Waals surface area contributed by atoms with E-state index in [1.54, 1.807) is 0 Å². The van der Waals surface area contributed by atoms with Gasteiger partial charge in [-0.3, -0.25) is 4.98 Å². The molecule has 1 saturated heterocycles. The van der Waals surface area contributed by atoms with Crippen LogP contribution in [-0.2, 0) is 16.7 Å². The molecule has 31 heavy (non-hydrogen) atoms. The molecule has 5 rings (SSSR count). The van der Waals surface area contributed by atoms with Crippen LogP contribution in [0.25, 0.3) is 0 Å². The van der Waals surface area contributed by atoms with Crippen LogP contribution in [0, 0.1) is 0 Å². The fraction of sp³-hybridized carbons (Fsp3) is 0.577. The van der Waals surface area contributed by atoms with Crippen molar-refractivity contribution in [3.63, 3.8) is 0 Å². The van der Waals surface area contributed by atoms with E-state index in [0.29, 0.717) is 6.10 Å². The van der Waals surface area contributed by atoms with Gasteiger partial charge < -0.3 is 14.8 Å². The fourth-order valence-corrected chi connectivity index (χ4v) is 5.46. The van der Waals surface area contributed by atoms with Gasteiger partial charge in [-0.05, 0) is 81.3 Å². The van der Waals surface area contributed by atoms with Crippen molar-refractivity contribution in [2.45, 2.75) is 81.5 Å². The third-order valence-electron chi connectivity index (χ3n) is 7.21. The van der Waals surface area contributed by atoms with Crippen LogP contribution in [0.15, 0.2) is 48.7 Å². The summed E-state index contributed by atoms with van der Waals surface area (Å²) in [6.45, 7) is 2.72. The second-order valence-corrected chi connectivity index (χ2v) is 9.55. The smallest absolute Gasteiger partial charge is 0.120 e. The first-order chi connectivity index (χ1) is 14.8.